The van der Waals surface area contributed by atoms with E-state index in [0.29, 0.717) is 5.75 Å². The maximum atomic E-state index is 12.3. The quantitative estimate of drug-likeness (QED) is 0.705. The zero-order chi connectivity index (χ0) is 20.3. The first-order valence-electron chi connectivity index (χ1n) is 8.96. The number of fused-ring (bicyclic) bond motifs is 1. The normalized spacial score (nSPS) is 11.2. The number of amides is 2. The van der Waals surface area contributed by atoms with Crippen molar-refractivity contribution in [2.75, 3.05) is 5.32 Å². The molecule has 0 radical (unpaired) electrons. The van der Waals surface area contributed by atoms with Crippen molar-refractivity contribution in [3.8, 4) is 5.75 Å². The van der Waals surface area contributed by atoms with Gasteiger partial charge < -0.3 is 15.8 Å². The molecule has 0 fully saturated rings. The van der Waals surface area contributed by atoms with E-state index < -0.39 is 11.3 Å². The smallest absolute Gasteiger partial charge is 0.267 e. The number of pyridine rings is 1. The number of nitrogens with zero attached hydrogens (tertiary/aromatic N) is 1. The number of aromatic nitrogens is 1. The zero-order valence-corrected chi connectivity index (χ0v) is 16.2. The summed E-state index contributed by atoms with van der Waals surface area (Å²) in [7, 11) is 0. The number of primary amides is 1. The highest BCUT2D eigenvalue weighted by Gasteiger charge is 2.21. The van der Waals surface area contributed by atoms with Crippen molar-refractivity contribution in [2.24, 2.45) is 11.1 Å². The average molecular weight is 377 g/mol. The number of carbonyl (C=O) groups excluding carboxylic acids is 2. The van der Waals surface area contributed by atoms with Gasteiger partial charge in [-0.1, -0.05) is 32.9 Å². The van der Waals surface area contributed by atoms with Crippen LogP contribution in [0.25, 0.3) is 10.8 Å². The maximum absolute atomic E-state index is 12.3. The van der Waals surface area contributed by atoms with Gasteiger partial charge in [0, 0.05) is 22.7 Å². The van der Waals surface area contributed by atoms with Crippen LogP contribution in [0.5, 0.6) is 5.75 Å². The van der Waals surface area contributed by atoms with Crippen molar-refractivity contribution in [3.05, 3.63) is 66.0 Å². The Morgan fingerprint density at radius 2 is 1.89 bits per heavy atom. The Morgan fingerprint density at radius 1 is 1.11 bits per heavy atom. The largest absolute Gasteiger partial charge is 0.489 e. The minimum absolute atomic E-state index is 0.0386. The van der Waals surface area contributed by atoms with Crippen LogP contribution in [0.2, 0.25) is 0 Å². The Balaban J connectivity index is 1.79. The first-order valence-corrected chi connectivity index (χ1v) is 8.96. The van der Waals surface area contributed by atoms with E-state index in [-0.39, 0.29) is 18.2 Å². The molecule has 0 aliphatic heterocycles. The fourth-order valence-electron chi connectivity index (χ4n) is 2.64. The molecule has 0 spiro atoms. The Hall–Kier alpha value is -3.41. The van der Waals surface area contributed by atoms with Crippen LogP contribution in [-0.2, 0) is 11.4 Å². The predicted molar refractivity (Wildman–Crippen MR) is 109 cm³/mol. The number of nitrogens with one attached hydrogen (secondary N) is 1. The van der Waals surface area contributed by atoms with Crippen LogP contribution in [0.15, 0.2) is 54.7 Å². The lowest BCUT2D eigenvalue weighted by Crippen LogP contribution is -2.27. The number of rotatable bonds is 5. The van der Waals surface area contributed by atoms with Gasteiger partial charge in [0.15, 0.2) is 0 Å². The molecule has 0 bridgehead atoms. The molecule has 3 rings (SSSR count). The van der Waals surface area contributed by atoms with E-state index >= 15 is 0 Å². The summed E-state index contributed by atoms with van der Waals surface area (Å²) in [6, 6.07) is 14.8. The summed E-state index contributed by atoms with van der Waals surface area (Å²) in [5, 5.41) is 4.88. The highest BCUT2D eigenvalue weighted by molar-refractivity contribution is 6.04. The lowest BCUT2D eigenvalue weighted by molar-refractivity contribution is -0.123. The third-order valence-corrected chi connectivity index (χ3v) is 4.26. The van der Waals surface area contributed by atoms with Crippen LogP contribution in [0.1, 0.15) is 36.8 Å². The van der Waals surface area contributed by atoms with Gasteiger partial charge in [0.05, 0.1) is 0 Å². The van der Waals surface area contributed by atoms with Crippen molar-refractivity contribution in [2.45, 2.75) is 27.4 Å². The van der Waals surface area contributed by atoms with Gasteiger partial charge in [0.2, 0.25) is 5.91 Å². The minimum Gasteiger partial charge on any atom is -0.489 e. The van der Waals surface area contributed by atoms with Gasteiger partial charge in [-0.2, -0.15) is 0 Å². The molecule has 2 amide bonds. The van der Waals surface area contributed by atoms with E-state index in [1.54, 1.807) is 12.1 Å². The summed E-state index contributed by atoms with van der Waals surface area (Å²) in [4.78, 5) is 27.5. The molecule has 1 aromatic heterocycles. The van der Waals surface area contributed by atoms with Crippen molar-refractivity contribution in [1.82, 2.24) is 4.98 Å². The first kappa shape index (κ1) is 19.4. The van der Waals surface area contributed by atoms with E-state index in [1.807, 2.05) is 57.2 Å². The van der Waals surface area contributed by atoms with E-state index in [2.05, 4.69) is 10.3 Å². The lowest BCUT2D eigenvalue weighted by atomic mass is 9.95. The number of benzene rings is 2. The molecule has 6 nitrogen and oxygen atoms in total. The number of hydrogen-bond acceptors (Lipinski definition) is 4. The van der Waals surface area contributed by atoms with Crippen molar-refractivity contribution in [3.63, 3.8) is 0 Å². The van der Waals surface area contributed by atoms with Crippen LogP contribution < -0.4 is 15.8 Å². The molecular weight excluding hydrogens is 354 g/mol. The van der Waals surface area contributed by atoms with E-state index in [4.69, 9.17) is 10.5 Å². The molecule has 6 heteroatoms. The average Bonchev–Trinajstić information content (AvgIpc) is 2.66. The van der Waals surface area contributed by atoms with Gasteiger partial charge in [-0.3, -0.25) is 14.6 Å². The molecule has 28 heavy (non-hydrogen) atoms. The van der Waals surface area contributed by atoms with E-state index in [9.17, 15) is 9.59 Å². The number of ether oxygens (including phenoxy) is 1. The first-order chi connectivity index (χ1) is 13.2. The van der Waals surface area contributed by atoms with E-state index in [0.717, 1.165) is 22.0 Å². The fourth-order valence-corrected chi connectivity index (χ4v) is 2.64. The SMILES string of the molecule is CC(C)(C)C(=O)Nc1cccc2cc(OCc3ccnc(C(N)=O)c3)ccc12. The second-order valence-electron chi connectivity index (χ2n) is 7.59. The van der Waals surface area contributed by atoms with Crippen molar-refractivity contribution >= 4 is 28.3 Å². The number of anilines is 1. The van der Waals surface area contributed by atoms with Crippen LogP contribution in [0, 0.1) is 5.41 Å². The van der Waals surface area contributed by atoms with Crippen molar-refractivity contribution in [1.29, 1.82) is 0 Å². The molecule has 1 heterocycles. The molecule has 144 valence electrons. The monoisotopic (exact) mass is 377 g/mol. The summed E-state index contributed by atoms with van der Waals surface area (Å²) >= 11 is 0. The molecule has 2 aromatic carbocycles. The molecule has 0 aliphatic rings. The summed E-state index contributed by atoms with van der Waals surface area (Å²) in [5.74, 6) is 0.0740. The molecule has 3 aromatic rings. The van der Waals surface area contributed by atoms with Gasteiger partial charge in [0.25, 0.3) is 5.91 Å². The summed E-state index contributed by atoms with van der Waals surface area (Å²) in [6.07, 6.45) is 1.53. The van der Waals surface area contributed by atoms with Crippen LogP contribution in [-0.4, -0.2) is 16.8 Å². The second-order valence-corrected chi connectivity index (χ2v) is 7.59. The lowest BCUT2D eigenvalue weighted by Gasteiger charge is -2.18. The molecule has 0 atom stereocenters. The Morgan fingerprint density at radius 3 is 2.61 bits per heavy atom. The van der Waals surface area contributed by atoms with Gasteiger partial charge in [-0.15, -0.1) is 0 Å². The molecule has 0 unspecified atom stereocenters. The molecule has 3 N–H and O–H groups in total. The van der Waals surface area contributed by atoms with Crippen LogP contribution >= 0.6 is 0 Å². The van der Waals surface area contributed by atoms with Gasteiger partial charge in [-0.05, 0) is 47.3 Å². The van der Waals surface area contributed by atoms with Gasteiger partial charge in [-0.25, -0.2) is 0 Å². The van der Waals surface area contributed by atoms with Gasteiger partial charge >= 0.3 is 0 Å². The third-order valence-electron chi connectivity index (χ3n) is 4.26. The Labute approximate surface area is 163 Å². The highest BCUT2D eigenvalue weighted by atomic mass is 16.5. The Bertz CT molecular complexity index is 1040. The molecule has 0 saturated heterocycles. The maximum Gasteiger partial charge on any atom is 0.267 e. The summed E-state index contributed by atoms with van der Waals surface area (Å²) < 4.78 is 5.84. The fraction of sp³-hybridized carbons (Fsp3) is 0.227. The molecule has 0 aliphatic carbocycles. The number of carbonyl (C=O) groups is 2. The number of nitrogens with two attached hydrogens (primary N) is 1. The third kappa shape index (κ3) is 4.46. The van der Waals surface area contributed by atoms with Crippen LogP contribution in [0.4, 0.5) is 5.69 Å². The van der Waals surface area contributed by atoms with Crippen LogP contribution in [0.3, 0.4) is 0 Å². The second kappa shape index (κ2) is 7.68. The Kier molecular flexibility index (Phi) is 5.31. The topological polar surface area (TPSA) is 94.3 Å². The van der Waals surface area contributed by atoms with Gasteiger partial charge in [0.1, 0.15) is 18.1 Å². The highest BCUT2D eigenvalue weighted by Crippen LogP contribution is 2.29. The molecule has 0 saturated carbocycles. The van der Waals surface area contributed by atoms with E-state index in [1.165, 1.54) is 6.20 Å². The molecular formula is C22H23N3O3. The number of hydrogen-bond donors (Lipinski definition) is 2. The summed E-state index contributed by atoms with van der Waals surface area (Å²) in [6.45, 7) is 5.92. The van der Waals surface area contributed by atoms with Crippen molar-refractivity contribution < 1.29 is 14.3 Å². The standard InChI is InChI=1S/C22H23N3O3/c1-22(2,3)21(27)25-18-6-4-5-15-12-16(7-8-17(15)18)28-13-14-9-10-24-19(11-14)20(23)26/h4-12H,13H2,1-3H3,(H2,23,26)(H,25,27). The zero-order valence-electron chi connectivity index (χ0n) is 16.2. The predicted octanol–water partition coefficient (Wildman–Crippen LogP) is 3.90. The minimum atomic E-state index is -0.572. The summed E-state index contributed by atoms with van der Waals surface area (Å²) in [5.41, 5.74) is 6.56.